The molecule has 0 radical (unpaired) electrons. The summed E-state index contributed by atoms with van der Waals surface area (Å²) in [6.07, 6.45) is 1.49. The maximum Gasteiger partial charge on any atom is 0.282 e. The largest absolute Gasteiger partial charge is 0.282 e. The Morgan fingerprint density at radius 3 is 2.69 bits per heavy atom. The summed E-state index contributed by atoms with van der Waals surface area (Å²) in [4.78, 5) is 11.8. The number of benzene rings is 1. The van der Waals surface area contributed by atoms with Gasteiger partial charge in [-0.25, -0.2) is 4.68 Å². The topological polar surface area (TPSA) is 34.9 Å². The second-order valence-electron chi connectivity index (χ2n) is 3.25. The van der Waals surface area contributed by atoms with Crippen molar-refractivity contribution in [1.82, 2.24) is 9.78 Å². The number of hydrogen-bond donors (Lipinski definition) is 0. The molecule has 0 bridgehead atoms. The molecule has 0 saturated carbocycles. The van der Waals surface area contributed by atoms with Gasteiger partial charge >= 0.3 is 0 Å². The van der Waals surface area contributed by atoms with Crippen LogP contribution in [0.3, 0.4) is 0 Å². The lowest BCUT2D eigenvalue weighted by Crippen LogP contribution is -2.25. The second-order valence-corrected chi connectivity index (χ2v) is 4.74. The number of nitrogens with zero attached hydrogens (tertiary/aromatic N) is 2. The quantitative estimate of drug-likeness (QED) is 0.783. The van der Waals surface area contributed by atoms with E-state index in [1.165, 1.54) is 10.9 Å². The van der Waals surface area contributed by atoms with Gasteiger partial charge in [-0.2, -0.15) is 5.10 Å². The summed E-state index contributed by atoms with van der Waals surface area (Å²) in [7, 11) is 0. The maximum atomic E-state index is 11.8. The zero-order chi connectivity index (χ0) is 11.5. The minimum absolute atomic E-state index is 0.156. The molecule has 0 spiro atoms. The van der Waals surface area contributed by atoms with Gasteiger partial charge in [-0.05, 0) is 28.2 Å². The fourth-order valence-electron chi connectivity index (χ4n) is 1.31. The van der Waals surface area contributed by atoms with E-state index in [-0.39, 0.29) is 5.56 Å². The molecule has 0 aliphatic heterocycles. The van der Waals surface area contributed by atoms with E-state index in [1.807, 2.05) is 52.9 Å². The van der Waals surface area contributed by atoms with Crippen LogP contribution >= 0.6 is 34.2 Å². The van der Waals surface area contributed by atoms with Crippen molar-refractivity contribution in [1.29, 1.82) is 0 Å². The maximum absolute atomic E-state index is 11.8. The molecule has 82 valence electrons. The number of halogens is 2. The Bertz CT molecular complexity index is 554. The van der Waals surface area contributed by atoms with Gasteiger partial charge in [0.2, 0.25) is 0 Å². The Morgan fingerprint density at radius 2 is 2.00 bits per heavy atom. The van der Waals surface area contributed by atoms with Crippen LogP contribution in [0.2, 0.25) is 5.02 Å². The average molecular weight is 347 g/mol. The molecule has 3 nitrogen and oxygen atoms in total. The van der Waals surface area contributed by atoms with Gasteiger partial charge in [0.25, 0.3) is 5.56 Å². The lowest BCUT2D eigenvalue weighted by atomic mass is 10.2. The van der Waals surface area contributed by atoms with Gasteiger partial charge < -0.3 is 0 Å². The summed E-state index contributed by atoms with van der Waals surface area (Å²) < 4.78 is 1.91. The highest BCUT2D eigenvalue weighted by Gasteiger charge is 2.06. The van der Waals surface area contributed by atoms with Crippen LogP contribution in [0.5, 0.6) is 0 Å². The Kier molecular flexibility index (Phi) is 3.60. The normalized spacial score (nSPS) is 10.4. The fourth-order valence-corrected chi connectivity index (χ4v) is 1.86. The Hall–Kier alpha value is -0.880. The first kappa shape index (κ1) is 11.6. The third-order valence-corrected chi connectivity index (χ3v) is 3.77. The van der Waals surface area contributed by atoms with Crippen LogP contribution in [0.25, 0.3) is 0 Å². The van der Waals surface area contributed by atoms with Crippen molar-refractivity contribution in [3.63, 3.8) is 0 Å². The third kappa shape index (κ3) is 2.44. The van der Waals surface area contributed by atoms with E-state index < -0.39 is 0 Å². The summed E-state index contributed by atoms with van der Waals surface area (Å²) in [6.45, 7) is 0.465. The number of hydrogen-bond acceptors (Lipinski definition) is 2. The molecule has 2 aromatic rings. The summed E-state index contributed by atoms with van der Waals surface area (Å²) in [6, 6.07) is 9.71. The standard InChI is InChI=1S/C11H8ClIN2O/c12-9-6-14-15(11(16)10(9)13)7-8-4-2-1-3-5-8/h1-6H,7H2. The molecule has 5 heteroatoms. The number of aromatic nitrogens is 2. The summed E-state index contributed by atoms with van der Waals surface area (Å²) in [5.41, 5.74) is 0.882. The van der Waals surface area contributed by atoms with E-state index in [0.717, 1.165) is 5.56 Å². The molecular formula is C11H8ClIN2O. The first-order valence-corrected chi connectivity index (χ1v) is 6.09. The van der Waals surface area contributed by atoms with Gasteiger partial charge in [0.15, 0.2) is 0 Å². The van der Waals surface area contributed by atoms with Crippen LogP contribution in [0.4, 0.5) is 0 Å². The van der Waals surface area contributed by atoms with Gasteiger partial charge in [-0.15, -0.1) is 0 Å². The highest BCUT2D eigenvalue weighted by atomic mass is 127. The molecule has 1 aromatic heterocycles. The van der Waals surface area contributed by atoms with E-state index in [0.29, 0.717) is 15.1 Å². The molecule has 16 heavy (non-hydrogen) atoms. The predicted molar refractivity (Wildman–Crippen MR) is 71.8 cm³/mol. The zero-order valence-electron chi connectivity index (χ0n) is 8.23. The first-order chi connectivity index (χ1) is 7.68. The molecule has 1 aromatic carbocycles. The molecule has 1 heterocycles. The van der Waals surface area contributed by atoms with Crippen molar-refractivity contribution in [2.75, 3.05) is 0 Å². The highest BCUT2D eigenvalue weighted by molar-refractivity contribution is 14.1. The molecule has 0 aliphatic carbocycles. The first-order valence-electron chi connectivity index (χ1n) is 4.63. The summed E-state index contributed by atoms with van der Waals surface area (Å²) in [5.74, 6) is 0. The van der Waals surface area contributed by atoms with E-state index in [4.69, 9.17) is 11.6 Å². The van der Waals surface area contributed by atoms with Gasteiger partial charge in [0.1, 0.15) is 3.57 Å². The molecular weight excluding hydrogens is 338 g/mol. The zero-order valence-corrected chi connectivity index (χ0v) is 11.1. The molecule has 0 atom stereocenters. The van der Waals surface area contributed by atoms with Crippen molar-refractivity contribution in [2.45, 2.75) is 6.54 Å². The van der Waals surface area contributed by atoms with E-state index in [9.17, 15) is 4.79 Å². The van der Waals surface area contributed by atoms with Crippen molar-refractivity contribution in [3.8, 4) is 0 Å². The van der Waals surface area contributed by atoms with E-state index in [2.05, 4.69) is 5.10 Å². The van der Waals surface area contributed by atoms with Gasteiger partial charge in [-0.1, -0.05) is 41.9 Å². The minimum atomic E-state index is -0.156. The highest BCUT2D eigenvalue weighted by Crippen LogP contribution is 2.11. The summed E-state index contributed by atoms with van der Waals surface area (Å²) >= 11 is 7.74. The molecule has 0 N–H and O–H groups in total. The van der Waals surface area contributed by atoms with Crippen LogP contribution in [0.1, 0.15) is 5.56 Å². The van der Waals surface area contributed by atoms with Crippen LogP contribution in [-0.4, -0.2) is 9.78 Å². The van der Waals surface area contributed by atoms with Gasteiger partial charge in [0.05, 0.1) is 17.8 Å². The predicted octanol–water partition coefficient (Wildman–Crippen LogP) is 2.55. The van der Waals surface area contributed by atoms with Crippen LogP contribution in [0, 0.1) is 3.57 Å². The number of rotatable bonds is 2. The molecule has 0 unspecified atom stereocenters. The fraction of sp³-hybridized carbons (Fsp3) is 0.0909. The molecule has 0 saturated heterocycles. The van der Waals surface area contributed by atoms with E-state index >= 15 is 0 Å². The Labute approximate surface area is 111 Å². The van der Waals surface area contributed by atoms with Crippen molar-refractivity contribution < 1.29 is 0 Å². The Balaban J connectivity index is 2.37. The molecule has 0 fully saturated rings. The summed E-state index contributed by atoms with van der Waals surface area (Å²) in [5, 5.41) is 4.40. The van der Waals surface area contributed by atoms with E-state index in [1.54, 1.807) is 0 Å². The minimum Gasteiger partial charge on any atom is -0.267 e. The average Bonchev–Trinajstić information content (AvgIpc) is 2.31. The lowest BCUT2D eigenvalue weighted by Gasteiger charge is -2.05. The van der Waals surface area contributed by atoms with Crippen molar-refractivity contribution in [2.24, 2.45) is 0 Å². The van der Waals surface area contributed by atoms with Crippen LogP contribution < -0.4 is 5.56 Å². The SMILES string of the molecule is O=c1c(I)c(Cl)cnn1Cc1ccccc1. The van der Waals surface area contributed by atoms with Gasteiger partial charge in [0, 0.05) is 0 Å². The lowest BCUT2D eigenvalue weighted by molar-refractivity contribution is 0.635. The monoisotopic (exact) mass is 346 g/mol. The van der Waals surface area contributed by atoms with Crippen molar-refractivity contribution >= 4 is 34.2 Å². The van der Waals surface area contributed by atoms with Gasteiger partial charge in [-0.3, -0.25) is 4.79 Å². The molecule has 0 aliphatic rings. The van der Waals surface area contributed by atoms with Crippen molar-refractivity contribution in [3.05, 3.63) is 61.0 Å². The third-order valence-electron chi connectivity index (χ3n) is 2.12. The van der Waals surface area contributed by atoms with Crippen LogP contribution in [0.15, 0.2) is 41.3 Å². The molecule has 2 rings (SSSR count). The van der Waals surface area contributed by atoms with Crippen LogP contribution in [-0.2, 0) is 6.54 Å². The Morgan fingerprint density at radius 1 is 1.31 bits per heavy atom. The molecule has 0 amide bonds. The second kappa shape index (κ2) is 4.97. The smallest absolute Gasteiger partial charge is 0.267 e.